The molecule has 4 heteroatoms. The third-order valence-corrected chi connectivity index (χ3v) is 2.94. The number of nitrogens with zero attached hydrogens (tertiary/aromatic N) is 3. The van der Waals surface area contributed by atoms with Gasteiger partial charge < -0.3 is 10.2 Å². The van der Waals surface area contributed by atoms with Gasteiger partial charge >= 0.3 is 0 Å². The third-order valence-electron chi connectivity index (χ3n) is 2.94. The van der Waals surface area contributed by atoms with E-state index in [4.69, 9.17) is 0 Å². The zero-order chi connectivity index (χ0) is 13.7. The van der Waals surface area contributed by atoms with Gasteiger partial charge in [0.15, 0.2) is 0 Å². The Labute approximate surface area is 114 Å². The lowest BCUT2D eigenvalue weighted by Crippen LogP contribution is -2.12. The van der Waals surface area contributed by atoms with Gasteiger partial charge in [0.05, 0.1) is 0 Å². The van der Waals surface area contributed by atoms with E-state index in [9.17, 15) is 0 Å². The number of aromatic nitrogens is 2. The summed E-state index contributed by atoms with van der Waals surface area (Å²) in [7, 11) is 2.01. The van der Waals surface area contributed by atoms with Crippen LogP contribution in [0.4, 0.5) is 17.3 Å². The topological polar surface area (TPSA) is 41.0 Å². The zero-order valence-electron chi connectivity index (χ0n) is 11.7. The zero-order valence-corrected chi connectivity index (χ0v) is 11.7. The fourth-order valence-corrected chi connectivity index (χ4v) is 1.85. The van der Waals surface area contributed by atoms with Crippen molar-refractivity contribution in [2.45, 2.75) is 20.3 Å². The molecule has 0 amide bonds. The van der Waals surface area contributed by atoms with Crippen molar-refractivity contribution in [3.63, 3.8) is 0 Å². The largest absolute Gasteiger partial charge is 0.370 e. The lowest BCUT2D eigenvalue weighted by Gasteiger charge is -2.19. The number of rotatable bonds is 5. The van der Waals surface area contributed by atoms with Crippen molar-refractivity contribution in [2.24, 2.45) is 0 Å². The van der Waals surface area contributed by atoms with Crippen molar-refractivity contribution < 1.29 is 0 Å². The van der Waals surface area contributed by atoms with E-state index >= 15 is 0 Å². The van der Waals surface area contributed by atoms with Crippen molar-refractivity contribution in [3.05, 3.63) is 42.2 Å². The fourth-order valence-electron chi connectivity index (χ4n) is 1.85. The van der Waals surface area contributed by atoms with Gasteiger partial charge in [0.25, 0.3) is 0 Å². The number of benzene rings is 1. The molecule has 1 aromatic carbocycles. The second-order valence-corrected chi connectivity index (χ2v) is 4.59. The Morgan fingerprint density at radius 1 is 1.21 bits per heavy atom. The van der Waals surface area contributed by atoms with Gasteiger partial charge in [-0.1, -0.05) is 19.1 Å². The summed E-state index contributed by atoms with van der Waals surface area (Å²) in [6, 6.07) is 10.3. The Morgan fingerprint density at radius 2 is 2.05 bits per heavy atom. The smallest absolute Gasteiger partial charge is 0.138 e. The third kappa shape index (κ3) is 3.44. The summed E-state index contributed by atoms with van der Waals surface area (Å²) in [4.78, 5) is 10.6. The van der Waals surface area contributed by atoms with Crippen LogP contribution in [0.5, 0.6) is 0 Å². The van der Waals surface area contributed by atoms with Crippen LogP contribution in [0.25, 0.3) is 0 Å². The molecule has 0 bridgehead atoms. The molecule has 1 N–H and O–H groups in total. The lowest BCUT2D eigenvalue weighted by atomic mass is 10.2. The predicted octanol–water partition coefficient (Wildman–Crippen LogP) is 3.37. The maximum atomic E-state index is 4.33. The maximum absolute atomic E-state index is 4.33. The van der Waals surface area contributed by atoms with Crippen LogP contribution in [0.1, 0.15) is 18.9 Å². The first kappa shape index (κ1) is 13.3. The highest BCUT2D eigenvalue weighted by molar-refractivity contribution is 5.62. The molecule has 4 nitrogen and oxygen atoms in total. The minimum Gasteiger partial charge on any atom is -0.370 e. The molecular formula is C15H20N4. The van der Waals surface area contributed by atoms with Crippen LogP contribution in [0.3, 0.4) is 0 Å². The van der Waals surface area contributed by atoms with Gasteiger partial charge in [-0.25, -0.2) is 9.97 Å². The van der Waals surface area contributed by atoms with Gasteiger partial charge in [-0.05, 0) is 31.0 Å². The first-order valence-electron chi connectivity index (χ1n) is 6.57. The summed E-state index contributed by atoms with van der Waals surface area (Å²) in [5.41, 5.74) is 2.36. The van der Waals surface area contributed by atoms with E-state index in [2.05, 4.69) is 58.3 Å². The average molecular weight is 256 g/mol. The number of hydrogen-bond acceptors (Lipinski definition) is 4. The molecule has 0 spiro atoms. The molecule has 1 heterocycles. The van der Waals surface area contributed by atoms with Crippen molar-refractivity contribution in [3.8, 4) is 0 Å². The van der Waals surface area contributed by atoms with E-state index in [1.165, 1.54) is 5.56 Å². The average Bonchev–Trinajstić information content (AvgIpc) is 2.44. The second-order valence-electron chi connectivity index (χ2n) is 4.59. The minimum atomic E-state index is 0.867. The quantitative estimate of drug-likeness (QED) is 0.890. The van der Waals surface area contributed by atoms with Crippen molar-refractivity contribution >= 4 is 17.3 Å². The van der Waals surface area contributed by atoms with E-state index in [-0.39, 0.29) is 0 Å². The highest BCUT2D eigenvalue weighted by atomic mass is 15.2. The summed E-state index contributed by atoms with van der Waals surface area (Å²) >= 11 is 0. The monoisotopic (exact) mass is 256 g/mol. The van der Waals surface area contributed by atoms with Crippen LogP contribution in [0.15, 0.2) is 36.7 Å². The predicted molar refractivity (Wildman–Crippen MR) is 80.1 cm³/mol. The maximum Gasteiger partial charge on any atom is 0.138 e. The van der Waals surface area contributed by atoms with Crippen molar-refractivity contribution in [1.29, 1.82) is 0 Å². The van der Waals surface area contributed by atoms with Gasteiger partial charge in [-0.15, -0.1) is 0 Å². The summed E-state index contributed by atoms with van der Waals surface area (Å²) < 4.78 is 0. The van der Waals surface area contributed by atoms with Crippen LogP contribution in [-0.2, 0) is 0 Å². The van der Waals surface area contributed by atoms with Crippen molar-refractivity contribution in [1.82, 2.24) is 9.97 Å². The van der Waals surface area contributed by atoms with E-state index < -0.39 is 0 Å². The Balaban J connectivity index is 2.21. The van der Waals surface area contributed by atoms with Gasteiger partial charge in [-0.2, -0.15) is 0 Å². The van der Waals surface area contributed by atoms with Gasteiger partial charge in [-0.3, -0.25) is 0 Å². The first-order chi connectivity index (χ1) is 9.20. The van der Waals surface area contributed by atoms with E-state index in [1.54, 1.807) is 6.33 Å². The van der Waals surface area contributed by atoms with Gasteiger partial charge in [0.2, 0.25) is 0 Å². The molecule has 0 saturated carbocycles. The number of hydrogen-bond donors (Lipinski definition) is 1. The first-order valence-corrected chi connectivity index (χ1v) is 6.57. The molecule has 2 rings (SSSR count). The summed E-state index contributed by atoms with van der Waals surface area (Å²) in [6.45, 7) is 5.14. The summed E-state index contributed by atoms with van der Waals surface area (Å²) in [5.74, 6) is 1.76. The Bertz CT molecular complexity index is 539. The van der Waals surface area contributed by atoms with Crippen LogP contribution in [0, 0.1) is 6.92 Å². The van der Waals surface area contributed by atoms with Crippen LogP contribution in [-0.4, -0.2) is 23.6 Å². The van der Waals surface area contributed by atoms with Gasteiger partial charge in [0.1, 0.15) is 18.0 Å². The molecule has 0 unspecified atom stereocenters. The Kier molecular flexibility index (Phi) is 4.34. The minimum absolute atomic E-state index is 0.867. The molecule has 0 aliphatic heterocycles. The molecule has 19 heavy (non-hydrogen) atoms. The normalized spacial score (nSPS) is 10.3. The molecule has 1 aromatic heterocycles. The van der Waals surface area contributed by atoms with E-state index in [1.807, 2.05) is 13.1 Å². The standard InChI is InChI=1S/C15H20N4/c1-4-8-16-14-10-15(18-11-17-14)19(3)13-7-5-6-12(2)9-13/h5-7,9-11H,4,8H2,1-3H3,(H,16,17,18). The lowest BCUT2D eigenvalue weighted by molar-refractivity contribution is 0.962. The molecule has 0 saturated heterocycles. The highest BCUT2D eigenvalue weighted by Crippen LogP contribution is 2.23. The van der Waals surface area contributed by atoms with Gasteiger partial charge in [0, 0.05) is 25.3 Å². The molecule has 100 valence electrons. The SMILES string of the molecule is CCCNc1cc(N(C)c2cccc(C)c2)ncn1. The Morgan fingerprint density at radius 3 is 2.79 bits per heavy atom. The van der Waals surface area contributed by atoms with E-state index in [0.717, 1.165) is 30.3 Å². The molecule has 0 atom stereocenters. The molecule has 0 aliphatic carbocycles. The number of aryl methyl sites for hydroxylation is 1. The molecule has 2 aromatic rings. The highest BCUT2D eigenvalue weighted by Gasteiger charge is 2.06. The molecular weight excluding hydrogens is 236 g/mol. The summed E-state index contributed by atoms with van der Waals surface area (Å²) in [5, 5.41) is 3.27. The van der Waals surface area contributed by atoms with Crippen LogP contribution in [0.2, 0.25) is 0 Å². The second kappa shape index (κ2) is 6.18. The van der Waals surface area contributed by atoms with E-state index in [0.29, 0.717) is 0 Å². The summed E-state index contributed by atoms with van der Waals surface area (Å²) in [6.07, 6.45) is 2.67. The van der Waals surface area contributed by atoms with Crippen LogP contribution < -0.4 is 10.2 Å². The fraction of sp³-hybridized carbons (Fsp3) is 0.333. The van der Waals surface area contributed by atoms with Crippen molar-refractivity contribution in [2.75, 3.05) is 23.8 Å². The molecule has 0 radical (unpaired) electrons. The Hall–Kier alpha value is -2.10. The van der Waals surface area contributed by atoms with Crippen LogP contribution >= 0.6 is 0 Å². The number of nitrogens with one attached hydrogen (secondary N) is 1. The molecule has 0 aliphatic rings. The number of anilines is 3. The molecule has 0 fully saturated rings.